The molecular formula is C17H27N3O2. The predicted octanol–water partition coefficient (Wildman–Crippen LogP) is 2.46. The number of piperidine rings is 1. The number of aromatic nitrogens is 1. The third-order valence-corrected chi connectivity index (χ3v) is 4.53. The third-order valence-electron chi connectivity index (χ3n) is 4.53. The van der Waals surface area contributed by atoms with Crippen molar-refractivity contribution in [3.05, 3.63) is 23.5 Å². The molecule has 5 nitrogen and oxygen atoms in total. The molecule has 0 aromatic carbocycles. The van der Waals surface area contributed by atoms with Gasteiger partial charge in [-0.3, -0.25) is 14.5 Å². The van der Waals surface area contributed by atoms with Gasteiger partial charge in [-0.15, -0.1) is 0 Å². The van der Waals surface area contributed by atoms with Gasteiger partial charge in [-0.2, -0.15) is 0 Å². The van der Waals surface area contributed by atoms with Gasteiger partial charge in [0.2, 0.25) is 0 Å². The van der Waals surface area contributed by atoms with E-state index >= 15 is 0 Å². The molecular weight excluding hydrogens is 278 g/mol. The molecule has 0 aliphatic carbocycles. The van der Waals surface area contributed by atoms with Crippen LogP contribution in [-0.4, -0.2) is 46.7 Å². The van der Waals surface area contributed by atoms with E-state index in [0.717, 1.165) is 13.1 Å². The summed E-state index contributed by atoms with van der Waals surface area (Å²) in [6, 6.07) is 1.60. The number of hydrogen-bond acceptors (Lipinski definition) is 3. The van der Waals surface area contributed by atoms with Gasteiger partial charge in [-0.1, -0.05) is 6.92 Å². The van der Waals surface area contributed by atoms with E-state index in [2.05, 4.69) is 36.0 Å². The molecule has 1 aliphatic rings. The minimum atomic E-state index is -0.161. The smallest absolute Gasteiger partial charge is 0.267 e. The maximum atomic E-state index is 12.2. The maximum Gasteiger partial charge on any atom is 0.267 e. The van der Waals surface area contributed by atoms with Crippen molar-refractivity contribution in [3.8, 4) is 0 Å². The molecule has 1 atom stereocenters. The Labute approximate surface area is 132 Å². The van der Waals surface area contributed by atoms with Crippen LogP contribution in [0.4, 0.5) is 0 Å². The molecule has 0 spiro atoms. The number of nitrogens with one attached hydrogen (secondary N) is 2. The average molecular weight is 305 g/mol. The Morgan fingerprint density at radius 2 is 2.18 bits per heavy atom. The Kier molecular flexibility index (Phi) is 5.06. The largest absolute Gasteiger partial charge is 0.356 e. The van der Waals surface area contributed by atoms with Crippen molar-refractivity contribution in [2.75, 3.05) is 19.6 Å². The number of carbonyl (C=O) groups is 2. The molecule has 1 amide bonds. The summed E-state index contributed by atoms with van der Waals surface area (Å²) in [5, 5.41) is 2.98. The number of Topliss-reactive ketones (excluding diaryl/α,β-unsaturated/α-hetero) is 1. The molecule has 1 saturated heterocycles. The highest BCUT2D eigenvalue weighted by Crippen LogP contribution is 2.23. The van der Waals surface area contributed by atoms with Crippen molar-refractivity contribution >= 4 is 11.7 Å². The van der Waals surface area contributed by atoms with Crippen molar-refractivity contribution in [3.63, 3.8) is 0 Å². The van der Waals surface area contributed by atoms with Gasteiger partial charge in [0.1, 0.15) is 5.69 Å². The second-order valence-corrected chi connectivity index (χ2v) is 7.05. The van der Waals surface area contributed by atoms with Crippen LogP contribution in [0.25, 0.3) is 0 Å². The van der Waals surface area contributed by atoms with E-state index in [-0.39, 0.29) is 17.2 Å². The van der Waals surface area contributed by atoms with Gasteiger partial charge in [0.05, 0.1) is 0 Å². The van der Waals surface area contributed by atoms with Crippen LogP contribution in [-0.2, 0) is 0 Å². The average Bonchev–Trinajstić information content (AvgIpc) is 2.95. The summed E-state index contributed by atoms with van der Waals surface area (Å²) in [6.45, 7) is 10.9. The summed E-state index contributed by atoms with van der Waals surface area (Å²) in [5.41, 5.74) is 0.905. The summed E-state index contributed by atoms with van der Waals surface area (Å²) in [6.07, 6.45) is 4.08. The third kappa shape index (κ3) is 3.97. The van der Waals surface area contributed by atoms with E-state index in [0.29, 0.717) is 23.7 Å². The first-order valence-electron chi connectivity index (χ1n) is 8.02. The fraction of sp³-hybridized carbons (Fsp3) is 0.647. The van der Waals surface area contributed by atoms with Crippen LogP contribution in [0.5, 0.6) is 0 Å². The first-order valence-corrected chi connectivity index (χ1v) is 8.02. The van der Waals surface area contributed by atoms with E-state index in [1.54, 1.807) is 12.3 Å². The number of aromatic amines is 1. The first kappa shape index (κ1) is 16.7. The number of rotatable bonds is 5. The van der Waals surface area contributed by atoms with Crippen molar-refractivity contribution in [2.45, 2.75) is 46.1 Å². The van der Waals surface area contributed by atoms with E-state index in [1.807, 2.05) is 0 Å². The molecule has 1 unspecified atom stereocenters. The molecule has 2 N–H and O–H groups in total. The van der Waals surface area contributed by atoms with Crippen LogP contribution in [0.3, 0.4) is 0 Å². The van der Waals surface area contributed by atoms with E-state index in [4.69, 9.17) is 0 Å². The monoisotopic (exact) mass is 305 g/mol. The lowest BCUT2D eigenvalue weighted by Gasteiger charge is -2.43. The normalized spacial score (nSPS) is 19.9. The quantitative estimate of drug-likeness (QED) is 0.821. The number of amides is 1. The Morgan fingerprint density at radius 3 is 2.77 bits per heavy atom. The van der Waals surface area contributed by atoms with Crippen LogP contribution in [0.15, 0.2) is 12.3 Å². The van der Waals surface area contributed by atoms with Gasteiger partial charge in [0, 0.05) is 30.4 Å². The zero-order chi connectivity index (χ0) is 16.3. The topological polar surface area (TPSA) is 65.2 Å². The number of hydrogen-bond donors (Lipinski definition) is 2. The lowest BCUT2D eigenvalue weighted by molar-refractivity contribution is 0.0656. The second-order valence-electron chi connectivity index (χ2n) is 7.05. The zero-order valence-corrected chi connectivity index (χ0v) is 14.0. The highest BCUT2D eigenvalue weighted by molar-refractivity contribution is 5.99. The standard InChI is InChI=1S/C17H27N3O2/c1-12-6-5-7-20(10-12)17(3,4)11-19-16(22)15-8-14(9-18-15)13(2)21/h8-9,12,18H,5-7,10-11H2,1-4H3,(H,19,22). The number of ketones is 1. The Morgan fingerprint density at radius 1 is 1.45 bits per heavy atom. The minimum Gasteiger partial charge on any atom is -0.356 e. The predicted molar refractivity (Wildman–Crippen MR) is 87.2 cm³/mol. The molecule has 0 bridgehead atoms. The highest BCUT2D eigenvalue weighted by Gasteiger charge is 2.30. The molecule has 22 heavy (non-hydrogen) atoms. The van der Waals surface area contributed by atoms with E-state index in [9.17, 15) is 9.59 Å². The van der Waals surface area contributed by atoms with Gasteiger partial charge in [-0.25, -0.2) is 0 Å². The van der Waals surface area contributed by atoms with Gasteiger partial charge in [0.15, 0.2) is 5.78 Å². The number of nitrogens with zero attached hydrogens (tertiary/aromatic N) is 1. The van der Waals surface area contributed by atoms with Gasteiger partial charge < -0.3 is 10.3 Å². The molecule has 0 radical (unpaired) electrons. The number of carbonyl (C=O) groups excluding carboxylic acids is 2. The van der Waals surface area contributed by atoms with Crippen molar-refractivity contribution in [2.24, 2.45) is 5.92 Å². The maximum absolute atomic E-state index is 12.2. The minimum absolute atomic E-state index is 0.0436. The Hall–Kier alpha value is -1.62. The van der Waals surface area contributed by atoms with Gasteiger partial charge >= 0.3 is 0 Å². The lowest BCUT2D eigenvalue weighted by Crippen LogP contribution is -2.54. The van der Waals surface area contributed by atoms with Crippen molar-refractivity contribution in [1.29, 1.82) is 0 Å². The summed E-state index contributed by atoms with van der Waals surface area (Å²) in [4.78, 5) is 28.8. The highest BCUT2D eigenvalue weighted by atomic mass is 16.2. The molecule has 122 valence electrons. The van der Waals surface area contributed by atoms with Crippen LogP contribution in [0, 0.1) is 5.92 Å². The van der Waals surface area contributed by atoms with Crippen LogP contribution in [0.1, 0.15) is 61.4 Å². The SMILES string of the molecule is CC(=O)c1c[nH]c(C(=O)NCC(C)(C)N2CCCC(C)C2)c1. The van der Waals surface area contributed by atoms with E-state index < -0.39 is 0 Å². The molecule has 1 fully saturated rings. The van der Waals surface area contributed by atoms with Gasteiger partial charge in [-0.05, 0) is 52.1 Å². The molecule has 2 heterocycles. The summed E-state index contributed by atoms with van der Waals surface area (Å²) < 4.78 is 0. The molecule has 2 rings (SSSR count). The van der Waals surface area contributed by atoms with Crippen LogP contribution in [0.2, 0.25) is 0 Å². The number of H-pyrrole nitrogens is 1. The van der Waals surface area contributed by atoms with Crippen LogP contribution < -0.4 is 5.32 Å². The van der Waals surface area contributed by atoms with Crippen LogP contribution >= 0.6 is 0 Å². The zero-order valence-electron chi connectivity index (χ0n) is 14.0. The molecule has 0 saturated carbocycles. The molecule has 5 heteroatoms. The van der Waals surface area contributed by atoms with Crippen molar-refractivity contribution < 1.29 is 9.59 Å². The Bertz CT molecular complexity index is 548. The molecule has 1 aromatic heterocycles. The van der Waals surface area contributed by atoms with Crippen molar-refractivity contribution in [1.82, 2.24) is 15.2 Å². The fourth-order valence-corrected chi connectivity index (χ4v) is 2.97. The van der Waals surface area contributed by atoms with Gasteiger partial charge in [0.25, 0.3) is 5.91 Å². The molecule has 1 aromatic rings. The lowest BCUT2D eigenvalue weighted by atomic mass is 9.93. The summed E-state index contributed by atoms with van der Waals surface area (Å²) >= 11 is 0. The number of likely N-dealkylation sites (tertiary alicyclic amines) is 1. The summed E-state index contributed by atoms with van der Waals surface area (Å²) in [7, 11) is 0. The molecule has 1 aliphatic heterocycles. The fourth-order valence-electron chi connectivity index (χ4n) is 2.97. The Balaban J connectivity index is 1.92. The van der Waals surface area contributed by atoms with E-state index in [1.165, 1.54) is 19.8 Å². The summed E-state index contributed by atoms with van der Waals surface area (Å²) in [5.74, 6) is 0.508. The second kappa shape index (κ2) is 6.65. The first-order chi connectivity index (χ1) is 10.3.